The zero-order valence-corrected chi connectivity index (χ0v) is 13.7. The maximum Gasteiger partial charge on any atom is 0.215 e. The van der Waals surface area contributed by atoms with Gasteiger partial charge in [-0.3, -0.25) is 0 Å². The number of hydrogen-bond donors (Lipinski definition) is 0. The molecule has 7 heteroatoms. The van der Waals surface area contributed by atoms with Crippen molar-refractivity contribution >= 4 is 33.4 Å². The van der Waals surface area contributed by atoms with E-state index in [0.717, 1.165) is 11.3 Å². The highest BCUT2D eigenvalue weighted by Crippen LogP contribution is 2.43. The Balaban J connectivity index is 2.30. The minimum atomic E-state index is -3.20. The van der Waals surface area contributed by atoms with Gasteiger partial charge in [0.2, 0.25) is 10.0 Å². The molecule has 1 aromatic rings. The van der Waals surface area contributed by atoms with Crippen LogP contribution in [0.15, 0.2) is 24.3 Å². The van der Waals surface area contributed by atoms with Crippen LogP contribution in [-0.4, -0.2) is 43.3 Å². The molecule has 1 unspecified atom stereocenters. The van der Waals surface area contributed by atoms with Crippen molar-refractivity contribution in [1.29, 1.82) is 0 Å². The number of hydrogen-bond acceptors (Lipinski definition) is 4. The summed E-state index contributed by atoms with van der Waals surface area (Å²) >= 11 is 7.28. The van der Waals surface area contributed by atoms with E-state index in [9.17, 15) is 8.42 Å². The molecule has 1 saturated heterocycles. The fourth-order valence-electron chi connectivity index (χ4n) is 2.11. The van der Waals surface area contributed by atoms with Gasteiger partial charge in [0.15, 0.2) is 0 Å². The van der Waals surface area contributed by atoms with Crippen molar-refractivity contribution in [3.8, 4) is 5.75 Å². The maximum atomic E-state index is 12.2. The zero-order valence-electron chi connectivity index (χ0n) is 11.3. The molecular weight excluding hydrogens is 318 g/mol. The SMILES string of the molecule is CCS(=O)(=O)N1CCSC1c1ccccc1OCCCl. The van der Waals surface area contributed by atoms with E-state index in [2.05, 4.69) is 0 Å². The molecule has 20 heavy (non-hydrogen) atoms. The van der Waals surface area contributed by atoms with Gasteiger partial charge in [0.05, 0.1) is 17.0 Å². The van der Waals surface area contributed by atoms with Crippen molar-refractivity contribution < 1.29 is 13.2 Å². The lowest BCUT2D eigenvalue weighted by Crippen LogP contribution is -2.31. The number of ether oxygens (including phenoxy) is 1. The largest absolute Gasteiger partial charge is 0.492 e. The summed E-state index contributed by atoms with van der Waals surface area (Å²) < 4.78 is 31.5. The molecule has 1 aromatic carbocycles. The first-order valence-corrected chi connectivity index (χ1v) is 9.68. The van der Waals surface area contributed by atoms with Crippen LogP contribution in [0.2, 0.25) is 0 Å². The van der Waals surface area contributed by atoms with Crippen LogP contribution < -0.4 is 4.74 Å². The van der Waals surface area contributed by atoms with Gasteiger partial charge in [-0.2, -0.15) is 4.31 Å². The van der Waals surface area contributed by atoms with E-state index in [1.54, 1.807) is 23.0 Å². The van der Waals surface area contributed by atoms with Crippen LogP contribution in [0.25, 0.3) is 0 Å². The van der Waals surface area contributed by atoms with Gasteiger partial charge < -0.3 is 4.74 Å². The number of benzene rings is 1. The lowest BCUT2D eigenvalue weighted by atomic mass is 10.2. The summed E-state index contributed by atoms with van der Waals surface area (Å²) in [6.45, 7) is 2.64. The van der Waals surface area contributed by atoms with Crippen molar-refractivity contribution in [1.82, 2.24) is 4.31 Å². The lowest BCUT2D eigenvalue weighted by Gasteiger charge is -2.24. The lowest BCUT2D eigenvalue weighted by molar-refractivity contribution is 0.332. The first kappa shape index (κ1) is 15.9. The van der Waals surface area contributed by atoms with Crippen LogP contribution in [0.1, 0.15) is 17.9 Å². The summed E-state index contributed by atoms with van der Waals surface area (Å²) in [7, 11) is -3.20. The van der Waals surface area contributed by atoms with E-state index >= 15 is 0 Å². The second-order valence-electron chi connectivity index (χ2n) is 4.31. The van der Waals surface area contributed by atoms with Gasteiger partial charge in [-0.25, -0.2) is 8.42 Å². The van der Waals surface area contributed by atoms with Gasteiger partial charge in [0, 0.05) is 17.9 Å². The summed E-state index contributed by atoms with van der Waals surface area (Å²) in [4.78, 5) is 0. The number of nitrogens with zero attached hydrogens (tertiary/aromatic N) is 1. The molecule has 112 valence electrons. The number of thioether (sulfide) groups is 1. The zero-order chi connectivity index (χ0) is 14.6. The van der Waals surface area contributed by atoms with Crippen molar-refractivity contribution in [3.05, 3.63) is 29.8 Å². The molecule has 0 radical (unpaired) electrons. The molecule has 0 N–H and O–H groups in total. The van der Waals surface area contributed by atoms with Crippen LogP contribution in [0.3, 0.4) is 0 Å². The number of sulfonamides is 1. The predicted octanol–water partition coefficient (Wildman–Crippen LogP) is 2.70. The number of rotatable bonds is 6. The van der Waals surface area contributed by atoms with E-state index in [0.29, 0.717) is 24.8 Å². The Kier molecular flexibility index (Phi) is 5.60. The molecule has 1 aliphatic rings. The summed E-state index contributed by atoms with van der Waals surface area (Å²) in [5.41, 5.74) is 0.900. The van der Waals surface area contributed by atoms with Crippen molar-refractivity contribution in [2.45, 2.75) is 12.3 Å². The van der Waals surface area contributed by atoms with Gasteiger partial charge in [0.1, 0.15) is 12.4 Å². The molecule has 0 aliphatic carbocycles. The minimum absolute atomic E-state index is 0.120. The van der Waals surface area contributed by atoms with Crippen LogP contribution >= 0.6 is 23.4 Å². The molecule has 2 rings (SSSR count). The molecule has 0 saturated carbocycles. The summed E-state index contributed by atoms with van der Waals surface area (Å²) in [5, 5.41) is -0.202. The standard InChI is InChI=1S/C13H18ClNO3S2/c1-2-20(16,17)15-8-10-19-13(15)11-5-3-4-6-12(11)18-9-7-14/h3-6,13H,2,7-10H2,1H3. The highest BCUT2D eigenvalue weighted by atomic mass is 35.5. The van der Waals surface area contributed by atoms with Crippen LogP contribution in [0.4, 0.5) is 0 Å². The predicted molar refractivity (Wildman–Crippen MR) is 84.0 cm³/mol. The smallest absolute Gasteiger partial charge is 0.215 e. The fraction of sp³-hybridized carbons (Fsp3) is 0.538. The Labute approximate surface area is 129 Å². The van der Waals surface area contributed by atoms with E-state index in [1.807, 2.05) is 24.3 Å². The topological polar surface area (TPSA) is 46.6 Å². The fourth-order valence-corrected chi connectivity index (χ4v) is 5.16. The van der Waals surface area contributed by atoms with Gasteiger partial charge in [-0.05, 0) is 13.0 Å². The molecule has 4 nitrogen and oxygen atoms in total. The Morgan fingerprint density at radius 1 is 1.45 bits per heavy atom. The molecular formula is C13H18ClNO3S2. The van der Waals surface area contributed by atoms with E-state index < -0.39 is 10.0 Å². The highest BCUT2D eigenvalue weighted by molar-refractivity contribution is 8.00. The molecule has 1 aliphatic heterocycles. The Morgan fingerprint density at radius 3 is 2.90 bits per heavy atom. The molecule has 0 amide bonds. The molecule has 0 aromatic heterocycles. The Morgan fingerprint density at radius 2 is 2.20 bits per heavy atom. The Hall–Kier alpha value is -0.430. The number of halogens is 1. The van der Waals surface area contributed by atoms with Gasteiger partial charge in [-0.1, -0.05) is 18.2 Å². The quantitative estimate of drug-likeness (QED) is 0.750. The summed E-state index contributed by atoms with van der Waals surface area (Å²) in [6.07, 6.45) is 0. The van der Waals surface area contributed by atoms with Gasteiger partial charge >= 0.3 is 0 Å². The third kappa shape index (κ3) is 3.42. The first-order chi connectivity index (χ1) is 9.60. The van der Waals surface area contributed by atoms with Crippen LogP contribution in [0, 0.1) is 0 Å². The van der Waals surface area contributed by atoms with E-state index in [4.69, 9.17) is 16.3 Å². The van der Waals surface area contributed by atoms with Crippen molar-refractivity contribution in [2.24, 2.45) is 0 Å². The summed E-state index contributed by atoms with van der Waals surface area (Å²) in [5.74, 6) is 2.04. The second-order valence-corrected chi connectivity index (χ2v) is 8.09. The number of para-hydroxylation sites is 1. The molecule has 1 heterocycles. The normalized spacial score (nSPS) is 20.2. The van der Waals surface area contributed by atoms with Gasteiger partial charge in [0.25, 0.3) is 0 Å². The number of alkyl halides is 1. The van der Waals surface area contributed by atoms with Crippen LogP contribution in [-0.2, 0) is 10.0 Å². The summed E-state index contributed by atoms with van der Waals surface area (Å²) in [6, 6.07) is 7.56. The van der Waals surface area contributed by atoms with Crippen LogP contribution in [0.5, 0.6) is 5.75 Å². The molecule has 1 atom stereocenters. The first-order valence-electron chi connectivity index (χ1n) is 6.49. The van der Waals surface area contributed by atoms with E-state index in [1.165, 1.54) is 0 Å². The van der Waals surface area contributed by atoms with E-state index in [-0.39, 0.29) is 11.1 Å². The van der Waals surface area contributed by atoms with Crippen molar-refractivity contribution in [2.75, 3.05) is 30.5 Å². The highest BCUT2D eigenvalue weighted by Gasteiger charge is 2.36. The average molecular weight is 336 g/mol. The van der Waals surface area contributed by atoms with Crippen molar-refractivity contribution in [3.63, 3.8) is 0 Å². The average Bonchev–Trinajstić information content (AvgIpc) is 2.95. The Bertz CT molecular complexity index is 550. The van der Waals surface area contributed by atoms with Gasteiger partial charge in [-0.15, -0.1) is 23.4 Å². The minimum Gasteiger partial charge on any atom is -0.492 e. The third-order valence-electron chi connectivity index (χ3n) is 3.09. The monoisotopic (exact) mass is 335 g/mol. The molecule has 0 spiro atoms. The molecule has 0 bridgehead atoms. The second kappa shape index (κ2) is 7.02. The maximum absolute atomic E-state index is 12.2. The third-order valence-corrected chi connectivity index (χ3v) is 6.46. The molecule has 1 fully saturated rings.